The molecule has 0 fully saturated rings. The van der Waals surface area contributed by atoms with Crippen molar-refractivity contribution in [3.8, 4) is 11.3 Å². The van der Waals surface area contributed by atoms with Crippen molar-refractivity contribution in [2.24, 2.45) is 7.05 Å². The Hall–Kier alpha value is -3.64. The van der Waals surface area contributed by atoms with Crippen LogP contribution in [0.5, 0.6) is 0 Å². The molecule has 4 aromatic rings. The molecule has 1 N–H and O–H groups in total. The number of benzene rings is 3. The van der Waals surface area contributed by atoms with Gasteiger partial charge in [0.2, 0.25) is 5.91 Å². The van der Waals surface area contributed by atoms with Gasteiger partial charge in [-0.05, 0) is 30.2 Å². The molecule has 0 aliphatic heterocycles. The number of ketones is 1. The maximum absolute atomic E-state index is 13.3. The van der Waals surface area contributed by atoms with E-state index in [1.54, 1.807) is 24.3 Å². The number of amides is 1. The maximum Gasteiger partial charge on any atom is 0.242 e. The number of rotatable bonds is 7. The summed E-state index contributed by atoms with van der Waals surface area (Å²) in [6, 6.07) is 26.6. The molecule has 1 amide bonds. The predicted molar refractivity (Wildman–Crippen MR) is 129 cm³/mol. The van der Waals surface area contributed by atoms with E-state index in [2.05, 4.69) is 10.3 Å². The van der Waals surface area contributed by atoms with E-state index >= 15 is 0 Å². The summed E-state index contributed by atoms with van der Waals surface area (Å²) >= 11 is 1.39. The summed E-state index contributed by atoms with van der Waals surface area (Å²) in [4.78, 5) is 29.6. The minimum atomic E-state index is -0.512. The zero-order valence-electron chi connectivity index (χ0n) is 17.9. The molecule has 1 unspecified atom stereocenters. The molecule has 0 saturated carbocycles. The second-order valence-corrected chi connectivity index (χ2v) is 8.46. The average molecular weight is 442 g/mol. The lowest BCUT2D eigenvalue weighted by Gasteiger charge is -2.17. The molecule has 0 aliphatic rings. The third-order valence-electron chi connectivity index (χ3n) is 5.12. The number of carbonyl (C=O) groups excluding carboxylic acids is 2. The number of hydrogen-bond donors (Lipinski definition) is 1. The van der Waals surface area contributed by atoms with Crippen molar-refractivity contribution in [1.82, 2.24) is 9.55 Å². The van der Waals surface area contributed by atoms with Crippen LogP contribution in [0.25, 0.3) is 11.3 Å². The van der Waals surface area contributed by atoms with Crippen LogP contribution in [0.3, 0.4) is 0 Å². The third-order valence-corrected chi connectivity index (χ3v) is 6.43. The molecule has 160 valence electrons. The van der Waals surface area contributed by atoms with Crippen molar-refractivity contribution < 1.29 is 9.59 Å². The number of carbonyl (C=O) groups is 2. The van der Waals surface area contributed by atoms with Gasteiger partial charge in [0.1, 0.15) is 5.25 Å². The van der Waals surface area contributed by atoms with Gasteiger partial charge in [-0.1, -0.05) is 84.6 Å². The van der Waals surface area contributed by atoms with Crippen LogP contribution in [0, 0.1) is 0 Å². The van der Waals surface area contributed by atoms with Crippen LogP contribution in [0.1, 0.15) is 28.1 Å². The standard InChI is InChI=1S/C26H23N3O2S/c1-18(30)21-14-9-15-22(16-21)28-25(31)24(20-12-7-4-8-13-20)32-26-27-17-23(29(26)2)19-10-5-3-6-11-19/h3-17,24H,1-2H3,(H,28,31). The molecule has 1 aromatic heterocycles. The molecule has 0 spiro atoms. The first kappa shape index (κ1) is 21.6. The molecule has 5 nitrogen and oxygen atoms in total. The van der Waals surface area contributed by atoms with Gasteiger partial charge >= 0.3 is 0 Å². The van der Waals surface area contributed by atoms with Gasteiger partial charge in [0.15, 0.2) is 10.9 Å². The van der Waals surface area contributed by atoms with Crippen molar-refractivity contribution in [2.45, 2.75) is 17.3 Å². The van der Waals surface area contributed by atoms with E-state index in [0.717, 1.165) is 22.0 Å². The van der Waals surface area contributed by atoms with E-state index in [4.69, 9.17) is 0 Å². The molecule has 6 heteroatoms. The molecule has 3 aromatic carbocycles. The van der Waals surface area contributed by atoms with Gasteiger partial charge < -0.3 is 9.88 Å². The molecule has 0 bridgehead atoms. The first-order chi connectivity index (χ1) is 15.5. The van der Waals surface area contributed by atoms with Gasteiger partial charge in [0.05, 0.1) is 11.9 Å². The molecule has 0 saturated heterocycles. The zero-order valence-corrected chi connectivity index (χ0v) is 18.7. The third kappa shape index (κ3) is 4.81. The topological polar surface area (TPSA) is 64.0 Å². The molecular weight excluding hydrogens is 418 g/mol. The number of thioether (sulfide) groups is 1. The number of nitrogens with zero attached hydrogens (tertiary/aromatic N) is 2. The number of imidazole rings is 1. The average Bonchev–Trinajstić information content (AvgIpc) is 3.18. The van der Waals surface area contributed by atoms with Crippen LogP contribution in [0.4, 0.5) is 5.69 Å². The number of anilines is 1. The fourth-order valence-electron chi connectivity index (χ4n) is 3.41. The van der Waals surface area contributed by atoms with Crippen molar-refractivity contribution >= 4 is 29.1 Å². The van der Waals surface area contributed by atoms with E-state index in [1.807, 2.05) is 78.5 Å². The number of Topliss-reactive ketones (excluding diaryl/α,β-unsaturated/α-hetero) is 1. The van der Waals surface area contributed by atoms with E-state index in [1.165, 1.54) is 18.7 Å². The lowest BCUT2D eigenvalue weighted by Crippen LogP contribution is -2.19. The van der Waals surface area contributed by atoms with Gasteiger partial charge in [-0.3, -0.25) is 9.59 Å². The molecule has 4 rings (SSSR count). The first-order valence-corrected chi connectivity index (χ1v) is 11.1. The molecule has 1 heterocycles. The van der Waals surface area contributed by atoms with Gasteiger partial charge in [-0.25, -0.2) is 4.98 Å². The highest BCUT2D eigenvalue weighted by molar-refractivity contribution is 8.00. The van der Waals surface area contributed by atoms with Gasteiger partial charge in [0.25, 0.3) is 0 Å². The van der Waals surface area contributed by atoms with Crippen LogP contribution in [-0.2, 0) is 11.8 Å². The fraction of sp³-hybridized carbons (Fsp3) is 0.115. The number of hydrogen-bond acceptors (Lipinski definition) is 4. The van der Waals surface area contributed by atoms with Crippen LogP contribution in [0.2, 0.25) is 0 Å². The normalized spacial score (nSPS) is 11.7. The Balaban J connectivity index is 1.62. The minimum absolute atomic E-state index is 0.0449. The van der Waals surface area contributed by atoms with Crippen LogP contribution in [0.15, 0.2) is 96.3 Å². The van der Waals surface area contributed by atoms with Crippen LogP contribution in [-0.4, -0.2) is 21.2 Å². The summed E-state index contributed by atoms with van der Waals surface area (Å²) in [5.74, 6) is -0.220. The predicted octanol–water partition coefficient (Wildman–Crippen LogP) is 5.76. The number of aromatic nitrogens is 2. The minimum Gasteiger partial charge on any atom is -0.325 e. The quantitative estimate of drug-likeness (QED) is 0.292. The Kier molecular flexibility index (Phi) is 6.52. The van der Waals surface area contributed by atoms with E-state index < -0.39 is 5.25 Å². The molecule has 32 heavy (non-hydrogen) atoms. The van der Waals surface area contributed by atoms with Gasteiger partial charge in [0, 0.05) is 18.3 Å². The van der Waals surface area contributed by atoms with Crippen molar-refractivity contribution in [2.75, 3.05) is 5.32 Å². The summed E-state index contributed by atoms with van der Waals surface area (Å²) in [5.41, 5.74) is 4.07. The van der Waals surface area contributed by atoms with Crippen molar-refractivity contribution in [1.29, 1.82) is 0 Å². The zero-order chi connectivity index (χ0) is 22.5. The SMILES string of the molecule is CC(=O)c1cccc(NC(=O)C(Sc2ncc(-c3ccccc3)n2C)c2ccccc2)c1. The Morgan fingerprint density at radius 1 is 0.938 bits per heavy atom. The van der Waals surface area contributed by atoms with E-state index in [9.17, 15) is 9.59 Å². The summed E-state index contributed by atoms with van der Waals surface area (Å²) in [7, 11) is 1.95. The summed E-state index contributed by atoms with van der Waals surface area (Å²) in [6.45, 7) is 1.51. The highest BCUT2D eigenvalue weighted by Gasteiger charge is 2.25. The summed E-state index contributed by atoms with van der Waals surface area (Å²) < 4.78 is 2.00. The highest BCUT2D eigenvalue weighted by atomic mass is 32.2. The molecular formula is C26H23N3O2S. The summed E-state index contributed by atoms with van der Waals surface area (Å²) in [6.07, 6.45) is 1.83. The highest BCUT2D eigenvalue weighted by Crippen LogP contribution is 2.37. The lowest BCUT2D eigenvalue weighted by molar-refractivity contribution is -0.115. The maximum atomic E-state index is 13.3. The molecule has 1 atom stereocenters. The van der Waals surface area contributed by atoms with E-state index in [-0.39, 0.29) is 11.7 Å². The Labute approximate surface area is 191 Å². The number of nitrogens with one attached hydrogen (secondary N) is 1. The molecule has 0 radical (unpaired) electrons. The Morgan fingerprint density at radius 3 is 2.31 bits per heavy atom. The van der Waals surface area contributed by atoms with Gasteiger partial charge in [-0.2, -0.15) is 0 Å². The fourth-order valence-corrected chi connectivity index (χ4v) is 4.45. The second-order valence-electron chi connectivity index (χ2n) is 7.39. The first-order valence-electron chi connectivity index (χ1n) is 10.2. The summed E-state index contributed by atoms with van der Waals surface area (Å²) in [5, 5.41) is 3.19. The Bertz CT molecular complexity index is 1240. The monoisotopic (exact) mass is 441 g/mol. The smallest absolute Gasteiger partial charge is 0.242 e. The largest absolute Gasteiger partial charge is 0.325 e. The van der Waals surface area contributed by atoms with Gasteiger partial charge in [-0.15, -0.1) is 0 Å². The van der Waals surface area contributed by atoms with Crippen LogP contribution < -0.4 is 5.32 Å². The Morgan fingerprint density at radius 2 is 1.62 bits per heavy atom. The van der Waals surface area contributed by atoms with E-state index in [0.29, 0.717) is 11.3 Å². The second kappa shape index (κ2) is 9.66. The lowest BCUT2D eigenvalue weighted by atomic mass is 10.1. The van der Waals surface area contributed by atoms with Crippen molar-refractivity contribution in [3.63, 3.8) is 0 Å². The molecule has 0 aliphatic carbocycles. The van der Waals surface area contributed by atoms with Crippen LogP contribution >= 0.6 is 11.8 Å². The van der Waals surface area contributed by atoms with Crippen molar-refractivity contribution in [3.05, 3.63) is 102 Å².